The van der Waals surface area contributed by atoms with Gasteiger partial charge in [-0.25, -0.2) is 4.79 Å². The number of hydrogen-bond donors (Lipinski definition) is 4. The maximum absolute atomic E-state index is 12.0. The van der Waals surface area contributed by atoms with Crippen molar-refractivity contribution in [1.82, 2.24) is 9.88 Å². The Hall–Kier alpha value is -2.78. The number of aliphatic carboxylic acids is 2. The van der Waals surface area contributed by atoms with E-state index in [1.54, 1.807) is 36.2 Å². The Kier molecular flexibility index (Phi) is 5.82. The first-order chi connectivity index (χ1) is 13.0. The Morgan fingerprint density at radius 3 is 2.59 bits per heavy atom. The molecule has 2 aromatic rings. The summed E-state index contributed by atoms with van der Waals surface area (Å²) >= 11 is 1.81. The molecule has 0 aliphatic carbocycles. The van der Waals surface area contributed by atoms with Crippen LogP contribution in [-0.4, -0.2) is 62.5 Å². The average Bonchev–Trinajstić information content (AvgIpc) is 3.04. The van der Waals surface area contributed by atoms with Crippen LogP contribution in [0, 0.1) is 0 Å². The van der Waals surface area contributed by atoms with Crippen LogP contribution in [0.15, 0.2) is 36.5 Å². The smallest absolute Gasteiger partial charge is 0.328 e. The molecule has 2 heterocycles. The third-order valence-electron chi connectivity index (χ3n) is 4.30. The molecule has 0 bridgehead atoms. The van der Waals surface area contributed by atoms with Crippen LogP contribution < -0.4 is 5.32 Å². The second-order valence-electron chi connectivity index (χ2n) is 6.05. The van der Waals surface area contributed by atoms with Gasteiger partial charge in [0.25, 0.3) is 0 Å². The van der Waals surface area contributed by atoms with Gasteiger partial charge in [0.15, 0.2) is 0 Å². The predicted molar refractivity (Wildman–Crippen MR) is 103 cm³/mol. The van der Waals surface area contributed by atoms with Gasteiger partial charge in [-0.3, -0.25) is 14.5 Å². The normalized spacial score (nSPS) is 16.4. The molecule has 0 spiro atoms. The van der Waals surface area contributed by atoms with Crippen molar-refractivity contribution in [2.45, 2.75) is 6.04 Å². The van der Waals surface area contributed by atoms with Crippen LogP contribution in [0.4, 0.5) is 5.69 Å². The topological polar surface area (TPSA) is 123 Å². The van der Waals surface area contributed by atoms with E-state index in [-0.39, 0.29) is 0 Å². The molecule has 1 amide bonds. The molecule has 1 aliphatic rings. The molecule has 142 valence electrons. The molecule has 1 atom stereocenters. The van der Waals surface area contributed by atoms with E-state index in [2.05, 4.69) is 10.3 Å². The molecule has 1 fully saturated rings. The van der Waals surface area contributed by atoms with Crippen molar-refractivity contribution in [1.29, 1.82) is 0 Å². The summed E-state index contributed by atoms with van der Waals surface area (Å²) in [7, 11) is 0. The van der Waals surface area contributed by atoms with Gasteiger partial charge in [0.05, 0.1) is 0 Å². The number of H-pyrrole nitrogens is 1. The molecular weight excluding hydrogens is 370 g/mol. The SMILES string of the molecule is O=C(O)/C=C/C(=O)Nc1ccc2[nH]cc([C@H](C(=O)O)N3CCSCC3)c2c1. The standard InChI is InChI=1S/C18H19N3O5S/c22-15(3-4-16(23)24)20-11-1-2-14-12(9-11)13(10-19-14)17(18(25)26)21-5-7-27-8-6-21/h1-4,9-10,17,19H,5-8H2,(H,20,22)(H,23,24)(H,25,26)/b4-3+/t17-/m1/s1. The largest absolute Gasteiger partial charge is 0.480 e. The van der Waals surface area contributed by atoms with Gasteiger partial charge in [0.1, 0.15) is 6.04 Å². The van der Waals surface area contributed by atoms with Crippen molar-refractivity contribution in [2.75, 3.05) is 29.9 Å². The number of carboxylic acid groups (broad SMARTS) is 2. The minimum Gasteiger partial charge on any atom is -0.480 e. The molecule has 0 radical (unpaired) electrons. The maximum Gasteiger partial charge on any atom is 0.328 e. The third kappa shape index (κ3) is 4.50. The van der Waals surface area contributed by atoms with Crippen LogP contribution in [0.3, 0.4) is 0 Å². The van der Waals surface area contributed by atoms with Crippen molar-refractivity contribution in [2.24, 2.45) is 0 Å². The number of anilines is 1. The monoisotopic (exact) mass is 389 g/mol. The molecule has 1 aromatic carbocycles. The highest BCUT2D eigenvalue weighted by Gasteiger charge is 2.30. The van der Waals surface area contributed by atoms with E-state index in [1.807, 2.05) is 4.90 Å². The summed E-state index contributed by atoms with van der Waals surface area (Å²) in [6.45, 7) is 1.40. The Bertz CT molecular complexity index is 902. The lowest BCUT2D eigenvalue weighted by molar-refractivity contribution is -0.143. The Labute approximate surface area is 159 Å². The summed E-state index contributed by atoms with van der Waals surface area (Å²) in [5, 5.41) is 21.7. The van der Waals surface area contributed by atoms with E-state index in [0.29, 0.717) is 29.7 Å². The van der Waals surface area contributed by atoms with Gasteiger partial charge >= 0.3 is 11.9 Å². The second-order valence-corrected chi connectivity index (χ2v) is 7.28. The number of thioether (sulfide) groups is 1. The molecule has 1 saturated heterocycles. The van der Waals surface area contributed by atoms with Crippen LogP contribution in [0.5, 0.6) is 0 Å². The molecule has 27 heavy (non-hydrogen) atoms. The van der Waals surface area contributed by atoms with E-state index in [9.17, 15) is 19.5 Å². The van der Waals surface area contributed by atoms with Crippen LogP contribution in [-0.2, 0) is 14.4 Å². The van der Waals surface area contributed by atoms with Crippen LogP contribution >= 0.6 is 11.8 Å². The summed E-state index contributed by atoms with van der Waals surface area (Å²) in [6.07, 6.45) is 3.38. The van der Waals surface area contributed by atoms with Crippen molar-refractivity contribution in [3.8, 4) is 0 Å². The summed E-state index contributed by atoms with van der Waals surface area (Å²) in [6, 6.07) is 4.35. The van der Waals surface area contributed by atoms with E-state index < -0.39 is 23.9 Å². The molecule has 0 saturated carbocycles. The zero-order valence-electron chi connectivity index (χ0n) is 14.3. The van der Waals surface area contributed by atoms with Crippen molar-refractivity contribution in [3.05, 3.63) is 42.1 Å². The number of carbonyl (C=O) groups is 3. The van der Waals surface area contributed by atoms with Gasteiger partial charge in [-0.15, -0.1) is 0 Å². The highest BCUT2D eigenvalue weighted by Crippen LogP contribution is 2.32. The fourth-order valence-electron chi connectivity index (χ4n) is 3.10. The molecule has 3 rings (SSSR count). The molecule has 1 aromatic heterocycles. The quantitative estimate of drug-likeness (QED) is 0.557. The summed E-state index contributed by atoms with van der Waals surface area (Å²) in [5.74, 6) is -0.914. The maximum atomic E-state index is 12.0. The Balaban J connectivity index is 1.90. The first-order valence-corrected chi connectivity index (χ1v) is 9.49. The number of fused-ring (bicyclic) bond motifs is 1. The van der Waals surface area contributed by atoms with Gasteiger partial charge < -0.3 is 20.5 Å². The first kappa shape index (κ1) is 19.0. The van der Waals surface area contributed by atoms with Crippen LogP contribution in [0.2, 0.25) is 0 Å². The van der Waals surface area contributed by atoms with E-state index >= 15 is 0 Å². The first-order valence-electron chi connectivity index (χ1n) is 8.33. The minimum atomic E-state index is -1.21. The number of rotatable bonds is 6. The van der Waals surface area contributed by atoms with Crippen LogP contribution in [0.25, 0.3) is 10.9 Å². The number of hydrogen-bond acceptors (Lipinski definition) is 5. The number of amides is 1. The Morgan fingerprint density at radius 1 is 1.19 bits per heavy atom. The zero-order valence-corrected chi connectivity index (χ0v) is 15.2. The minimum absolute atomic E-state index is 0.460. The summed E-state index contributed by atoms with van der Waals surface area (Å²) in [5.41, 5.74) is 1.87. The lowest BCUT2D eigenvalue weighted by Gasteiger charge is -2.31. The summed E-state index contributed by atoms with van der Waals surface area (Å²) < 4.78 is 0. The van der Waals surface area contributed by atoms with Crippen molar-refractivity contribution >= 4 is 46.2 Å². The number of aromatic amines is 1. The highest BCUT2D eigenvalue weighted by molar-refractivity contribution is 7.99. The fraction of sp³-hybridized carbons (Fsp3) is 0.278. The predicted octanol–water partition coefficient (Wildman–Crippen LogP) is 1.92. The second kappa shape index (κ2) is 8.28. The molecule has 8 nitrogen and oxygen atoms in total. The van der Waals surface area contributed by atoms with E-state index in [1.165, 1.54) is 0 Å². The highest BCUT2D eigenvalue weighted by atomic mass is 32.2. The van der Waals surface area contributed by atoms with Crippen molar-refractivity contribution in [3.63, 3.8) is 0 Å². The van der Waals surface area contributed by atoms with Crippen LogP contribution in [0.1, 0.15) is 11.6 Å². The number of benzene rings is 1. The van der Waals surface area contributed by atoms with E-state index in [0.717, 1.165) is 29.2 Å². The lowest BCUT2D eigenvalue weighted by Crippen LogP contribution is -2.39. The van der Waals surface area contributed by atoms with Gasteiger partial charge in [-0.1, -0.05) is 0 Å². The fourth-order valence-corrected chi connectivity index (χ4v) is 4.03. The summed E-state index contributed by atoms with van der Waals surface area (Å²) in [4.78, 5) is 39.3. The molecular formula is C18H19N3O5S. The van der Waals surface area contributed by atoms with Crippen molar-refractivity contribution < 1.29 is 24.6 Å². The number of carbonyl (C=O) groups excluding carboxylic acids is 1. The molecule has 9 heteroatoms. The van der Waals surface area contributed by atoms with E-state index in [4.69, 9.17) is 5.11 Å². The number of nitrogens with one attached hydrogen (secondary N) is 2. The number of aromatic nitrogens is 1. The zero-order chi connectivity index (χ0) is 19.4. The molecule has 0 unspecified atom stereocenters. The van der Waals surface area contributed by atoms with Gasteiger partial charge in [0.2, 0.25) is 5.91 Å². The number of carboxylic acids is 2. The molecule has 4 N–H and O–H groups in total. The van der Waals surface area contributed by atoms with Gasteiger partial charge in [-0.2, -0.15) is 11.8 Å². The number of nitrogens with zero attached hydrogens (tertiary/aromatic N) is 1. The van der Waals surface area contributed by atoms with Gasteiger partial charge in [-0.05, 0) is 18.2 Å². The average molecular weight is 389 g/mol. The van der Waals surface area contributed by atoms with Gasteiger partial charge in [0, 0.05) is 65.1 Å². The lowest BCUT2D eigenvalue weighted by atomic mass is 10.0. The third-order valence-corrected chi connectivity index (χ3v) is 5.24. The Morgan fingerprint density at radius 2 is 1.93 bits per heavy atom. The molecule has 1 aliphatic heterocycles.